The topological polar surface area (TPSA) is 15.3 Å². The van der Waals surface area contributed by atoms with Crippen LogP contribution in [-0.2, 0) is 0 Å². The summed E-state index contributed by atoms with van der Waals surface area (Å²) < 4.78 is 0. The molecule has 4 heteroatoms. The maximum absolute atomic E-state index is 3.48. The molecule has 0 unspecified atom stereocenters. The molecule has 1 aliphatic rings. The lowest BCUT2D eigenvalue weighted by Crippen LogP contribution is -2.45. The molecule has 1 saturated heterocycles. The Bertz CT molecular complexity index is 434. The summed E-state index contributed by atoms with van der Waals surface area (Å²) in [7, 11) is 0. The average Bonchev–Trinajstić information content (AvgIpc) is 2.45. The number of piperazine rings is 1. The molecule has 0 saturated carbocycles. The van der Waals surface area contributed by atoms with E-state index in [0.717, 1.165) is 13.1 Å². The Balaban J connectivity index is 0.00000242. The molecule has 134 valence electrons. The second kappa shape index (κ2) is 11.3. The van der Waals surface area contributed by atoms with Crippen molar-refractivity contribution in [1.29, 1.82) is 0 Å². The van der Waals surface area contributed by atoms with Crippen LogP contribution in [0, 0.1) is 20.8 Å². The van der Waals surface area contributed by atoms with Crippen LogP contribution in [0.2, 0.25) is 0 Å². The van der Waals surface area contributed by atoms with Gasteiger partial charge in [-0.05, 0) is 43.9 Å². The largest absolute Gasteiger partial charge is 0.314 e. The van der Waals surface area contributed by atoms with E-state index >= 15 is 0 Å². The van der Waals surface area contributed by atoms with Crippen molar-refractivity contribution in [3.05, 3.63) is 34.4 Å². The van der Waals surface area contributed by atoms with Gasteiger partial charge >= 0.3 is 0 Å². The first-order chi connectivity index (χ1) is 10.1. The molecule has 1 N–H and O–H groups in total. The summed E-state index contributed by atoms with van der Waals surface area (Å²) in [5.74, 6) is 0. The first-order valence-electron chi connectivity index (χ1n) is 8.66. The van der Waals surface area contributed by atoms with E-state index in [9.17, 15) is 0 Å². The van der Waals surface area contributed by atoms with Crippen LogP contribution in [0.3, 0.4) is 0 Å². The predicted octanol–water partition coefficient (Wildman–Crippen LogP) is 4.98. The van der Waals surface area contributed by atoms with Gasteiger partial charge in [0.1, 0.15) is 0 Å². The molecule has 0 amide bonds. The number of nitrogens with zero attached hydrogens (tertiary/aromatic N) is 1. The lowest BCUT2D eigenvalue weighted by molar-refractivity contribution is 0.162. The highest BCUT2D eigenvalue weighted by Crippen LogP contribution is 2.32. The maximum Gasteiger partial charge on any atom is 0.0354 e. The van der Waals surface area contributed by atoms with Gasteiger partial charge in [0.05, 0.1) is 0 Å². The fourth-order valence-electron chi connectivity index (χ4n) is 3.81. The summed E-state index contributed by atoms with van der Waals surface area (Å²) >= 11 is 0. The van der Waals surface area contributed by atoms with Crippen molar-refractivity contribution < 1.29 is 0 Å². The Morgan fingerprint density at radius 3 is 2.09 bits per heavy atom. The van der Waals surface area contributed by atoms with Crippen molar-refractivity contribution in [2.24, 2.45) is 0 Å². The molecule has 0 bridgehead atoms. The Morgan fingerprint density at radius 2 is 1.57 bits per heavy atom. The van der Waals surface area contributed by atoms with E-state index in [0.29, 0.717) is 6.04 Å². The van der Waals surface area contributed by atoms with Crippen molar-refractivity contribution in [2.75, 3.05) is 26.2 Å². The molecule has 0 radical (unpaired) electrons. The highest BCUT2D eigenvalue weighted by molar-refractivity contribution is 5.85. The van der Waals surface area contributed by atoms with Crippen molar-refractivity contribution in [1.82, 2.24) is 10.2 Å². The quantitative estimate of drug-likeness (QED) is 0.719. The summed E-state index contributed by atoms with van der Waals surface area (Å²) in [6, 6.07) is 5.33. The maximum atomic E-state index is 3.48. The molecule has 1 aliphatic heterocycles. The Hall–Kier alpha value is -0.280. The number of aryl methyl sites for hydroxylation is 3. The summed E-state index contributed by atoms with van der Waals surface area (Å²) in [5, 5.41) is 3.48. The average molecular weight is 361 g/mol. The summed E-state index contributed by atoms with van der Waals surface area (Å²) in [4.78, 5) is 2.71. The van der Waals surface area contributed by atoms with Crippen LogP contribution in [0.25, 0.3) is 0 Å². The minimum absolute atomic E-state index is 0. The summed E-state index contributed by atoms with van der Waals surface area (Å²) in [5.41, 5.74) is 5.94. The molecule has 0 aliphatic carbocycles. The standard InChI is InChI=1S/C19H32N2.2ClH/c1-5-6-7-8-18(21-11-9-20-10-12-21)19-16(3)13-15(2)14-17(19)4;;/h13-14,18,20H,5-12H2,1-4H3;2*1H/t18-;;/m1../s1. The molecule has 2 rings (SSSR count). The van der Waals surface area contributed by atoms with E-state index in [1.165, 1.54) is 55.5 Å². The van der Waals surface area contributed by atoms with E-state index in [2.05, 4.69) is 50.0 Å². The van der Waals surface area contributed by atoms with E-state index in [4.69, 9.17) is 0 Å². The highest BCUT2D eigenvalue weighted by atomic mass is 35.5. The first kappa shape index (κ1) is 22.7. The van der Waals surface area contributed by atoms with Gasteiger partial charge < -0.3 is 5.32 Å². The third-order valence-corrected chi connectivity index (χ3v) is 4.74. The Labute approximate surface area is 155 Å². The zero-order chi connectivity index (χ0) is 15.2. The van der Waals surface area contributed by atoms with Gasteiger partial charge in [-0.1, -0.05) is 43.9 Å². The number of hydrogen-bond acceptors (Lipinski definition) is 2. The fraction of sp³-hybridized carbons (Fsp3) is 0.684. The molecule has 1 aromatic carbocycles. The lowest BCUT2D eigenvalue weighted by Gasteiger charge is -2.37. The zero-order valence-corrected chi connectivity index (χ0v) is 16.8. The number of rotatable bonds is 6. The SMILES string of the molecule is CCCCC[C@H](c1c(C)cc(C)cc1C)N1CCNCC1.Cl.Cl. The zero-order valence-electron chi connectivity index (χ0n) is 15.2. The molecular weight excluding hydrogens is 327 g/mol. The molecule has 2 nitrogen and oxygen atoms in total. The minimum atomic E-state index is 0. The van der Waals surface area contributed by atoms with Crippen LogP contribution in [0.4, 0.5) is 0 Å². The molecular formula is C19H34Cl2N2. The fourth-order valence-corrected chi connectivity index (χ4v) is 3.81. The molecule has 0 aromatic heterocycles. The molecule has 0 spiro atoms. The van der Waals surface area contributed by atoms with Gasteiger partial charge in [-0.3, -0.25) is 4.90 Å². The summed E-state index contributed by atoms with van der Waals surface area (Å²) in [6.45, 7) is 13.7. The van der Waals surface area contributed by atoms with E-state index < -0.39 is 0 Å². The normalized spacial score (nSPS) is 16.3. The van der Waals surface area contributed by atoms with Gasteiger partial charge in [0.25, 0.3) is 0 Å². The number of benzene rings is 1. The Morgan fingerprint density at radius 1 is 1.00 bits per heavy atom. The molecule has 1 heterocycles. The number of hydrogen-bond donors (Lipinski definition) is 1. The van der Waals surface area contributed by atoms with Crippen molar-refractivity contribution in [2.45, 2.75) is 59.4 Å². The second-order valence-electron chi connectivity index (χ2n) is 6.61. The first-order valence-corrected chi connectivity index (χ1v) is 8.66. The molecule has 1 fully saturated rings. The number of unbranched alkanes of at least 4 members (excludes halogenated alkanes) is 2. The smallest absolute Gasteiger partial charge is 0.0354 e. The van der Waals surface area contributed by atoms with Crippen molar-refractivity contribution in [3.8, 4) is 0 Å². The third kappa shape index (κ3) is 6.26. The lowest BCUT2D eigenvalue weighted by atomic mass is 9.89. The molecule has 1 atom stereocenters. The number of halogens is 2. The van der Waals surface area contributed by atoms with Crippen LogP contribution in [-0.4, -0.2) is 31.1 Å². The van der Waals surface area contributed by atoms with Gasteiger partial charge in [0.15, 0.2) is 0 Å². The van der Waals surface area contributed by atoms with Gasteiger partial charge in [-0.2, -0.15) is 0 Å². The summed E-state index contributed by atoms with van der Waals surface area (Å²) in [6.07, 6.45) is 5.31. The second-order valence-corrected chi connectivity index (χ2v) is 6.61. The van der Waals surface area contributed by atoms with E-state index in [1.54, 1.807) is 5.56 Å². The third-order valence-electron chi connectivity index (χ3n) is 4.74. The minimum Gasteiger partial charge on any atom is -0.314 e. The van der Waals surface area contributed by atoms with Crippen LogP contribution in [0.1, 0.15) is 60.9 Å². The van der Waals surface area contributed by atoms with E-state index in [1.807, 2.05) is 0 Å². The van der Waals surface area contributed by atoms with Crippen LogP contribution < -0.4 is 5.32 Å². The Kier molecular flexibility index (Phi) is 11.2. The van der Waals surface area contributed by atoms with Crippen LogP contribution >= 0.6 is 24.8 Å². The highest BCUT2D eigenvalue weighted by Gasteiger charge is 2.24. The molecule has 1 aromatic rings. The van der Waals surface area contributed by atoms with Crippen molar-refractivity contribution in [3.63, 3.8) is 0 Å². The predicted molar refractivity (Wildman–Crippen MR) is 106 cm³/mol. The monoisotopic (exact) mass is 360 g/mol. The van der Waals surface area contributed by atoms with Gasteiger partial charge in [0.2, 0.25) is 0 Å². The van der Waals surface area contributed by atoms with Crippen LogP contribution in [0.5, 0.6) is 0 Å². The van der Waals surface area contributed by atoms with Crippen LogP contribution in [0.15, 0.2) is 12.1 Å². The van der Waals surface area contributed by atoms with Gasteiger partial charge in [-0.15, -0.1) is 24.8 Å². The van der Waals surface area contributed by atoms with E-state index in [-0.39, 0.29) is 24.8 Å². The van der Waals surface area contributed by atoms with Gasteiger partial charge in [-0.25, -0.2) is 0 Å². The number of nitrogens with one attached hydrogen (secondary N) is 1. The molecule has 23 heavy (non-hydrogen) atoms. The van der Waals surface area contributed by atoms with Crippen molar-refractivity contribution >= 4 is 24.8 Å². The van der Waals surface area contributed by atoms with Gasteiger partial charge in [0, 0.05) is 32.2 Å².